The van der Waals surface area contributed by atoms with Crippen molar-refractivity contribution >= 4 is 29.2 Å². The summed E-state index contributed by atoms with van der Waals surface area (Å²) in [7, 11) is 0. The molecule has 1 N–H and O–H groups in total. The topological polar surface area (TPSA) is 98.5 Å². The highest BCUT2D eigenvalue weighted by molar-refractivity contribution is 6.32. The fourth-order valence-electron chi connectivity index (χ4n) is 2.55. The molecular formula is C15H15ClN2O5. The van der Waals surface area contributed by atoms with Crippen LogP contribution in [0.5, 0.6) is 0 Å². The van der Waals surface area contributed by atoms with Gasteiger partial charge in [0.2, 0.25) is 5.91 Å². The van der Waals surface area contributed by atoms with Crippen molar-refractivity contribution in [2.45, 2.75) is 26.2 Å². The highest BCUT2D eigenvalue weighted by Crippen LogP contribution is 2.36. The van der Waals surface area contributed by atoms with Gasteiger partial charge in [0.15, 0.2) is 0 Å². The van der Waals surface area contributed by atoms with Crippen molar-refractivity contribution in [3.63, 3.8) is 0 Å². The van der Waals surface area contributed by atoms with Crippen LogP contribution in [0.15, 0.2) is 29.5 Å². The van der Waals surface area contributed by atoms with Gasteiger partial charge >= 0.3 is 5.97 Å². The number of allylic oxidation sites excluding steroid dienone is 1. The predicted molar refractivity (Wildman–Crippen MR) is 82.9 cm³/mol. The second-order valence-corrected chi connectivity index (χ2v) is 5.44. The van der Waals surface area contributed by atoms with Crippen molar-refractivity contribution in [2.75, 3.05) is 6.61 Å². The molecule has 1 aromatic carbocycles. The summed E-state index contributed by atoms with van der Waals surface area (Å²) in [6.45, 7) is 3.47. The first-order chi connectivity index (χ1) is 10.8. The van der Waals surface area contributed by atoms with Gasteiger partial charge in [-0.25, -0.2) is 4.79 Å². The standard InChI is InChI=1S/C15H15ClN2O5/c1-3-23-15(20)14-8(2)17-13(19)7-10(14)9-4-5-11(16)12(6-9)18(21)22/h4-6,10H,3,7H2,1-2H3,(H,17,19)/t10-/m1/s1. The van der Waals surface area contributed by atoms with Gasteiger partial charge in [-0.2, -0.15) is 0 Å². The first-order valence-corrected chi connectivity index (χ1v) is 7.34. The van der Waals surface area contributed by atoms with E-state index < -0.39 is 16.8 Å². The highest BCUT2D eigenvalue weighted by atomic mass is 35.5. The minimum Gasteiger partial charge on any atom is -0.463 e. The number of nitro benzene ring substituents is 1. The molecule has 0 saturated heterocycles. The quantitative estimate of drug-likeness (QED) is 0.517. The summed E-state index contributed by atoms with van der Waals surface area (Å²) in [4.78, 5) is 34.4. The van der Waals surface area contributed by atoms with Gasteiger partial charge in [0, 0.05) is 24.1 Å². The normalized spacial score (nSPS) is 17.7. The van der Waals surface area contributed by atoms with Crippen LogP contribution in [0, 0.1) is 10.1 Å². The molecular weight excluding hydrogens is 324 g/mol. The molecule has 0 fully saturated rings. The first kappa shape index (κ1) is 17.0. The number of nitro groups is 1. The third kappa shape index (κ3) is 3.50. The van der Waals surface area contributed by atoms with Crippen molar-refractivity contribution in [3.8, 4) is 0 Å². The van der Waals surface area contributed by atoms with Gasteiger partial charge in [0.1, 0.15) is 5.02 Å². The van der Waals surface area contributed by atoms with Crippen LogP contribution in [0.3, 0.4) is 0 Å². The number of halogens is 1. The van der Waals surface area contributed by atoms with Gasteiger partial charge in [-0.05, 0) is 25.5 Å². The van der Waals surface area contributed by atoms with E-state index in [1.165, 1.54) is 12.1 Å². The Morgan fingerprint density at radius 2 is 2.22 bits per heavy atom. The lowest BCUT2D eigenvalue weighted by molar-refractivity contribution is -0.384. The van der Waals surface area contributed by atoms with E-state index in [1.54, 1.807) is 19.9 Å². The number of rotatable bonds is 4. The van der Waals surface area contributed by atoms with Crippen LogP contribution in [0.4, 0.5) is 5.69 Å². The first-order valence-electron chi connectivity index (χ1n) is 6.96. The van der Waals surface area contributed by atoms with E-state index >= 15 is 0 Å². The van der Waals surface area contributed by atoms with Crippen molar-refractivity contribution in [3.05, 3.63) is 50.2 Å². The van der Waals surface area contributed by atoms with Gasteiger partial charge in [0.25, 0.3) is 5.69 Å². The smallest absolute Gasteiger partial charge is 0.336 e. The van der Waals surface area contributed by atoms with Crippen molar-refractivity contribution in [1.82, 2.24) is 5.32 Å². The van der Waals surface area contributed by atoms with Crippen LogP contribution >= 0.6 is 11.6 Å². The number of nitrogens with zero attached hydrogens (tertiary/aromatic N) is 1. The van der Waals surface area contributed by atoms with Crippen molar-refractivity contribution < 1.29 is 19.2 Å². The lowest BCUT2D eigenvalue weighted by Crippen LogP contribution is -2.34. The average Bonchev–Trinajstić information content (AvgIpc) is 2.46. The number of nitrogens with one attached hydrogen (secondary N) is 1. The molecule has 7 nitrogen and oxygen atoms in total. The summed E-state index contributed by atoms with van der Waals surface area (Å²) in [6.07, 6.45) is 0.00424. The summed E-state index contributed by atoms with van der Waals surface area (Å²) < 4.78 is 5.03. The molecule has 1 amide bonds. The molecule has 8 heteroatoms. The number of benzene rings is 1. The van der Waals surface area contributed by atoms with Crippen LogP contribution in [0.2, 0.25) is 5.02 Å². The van der Waals surface area contributed by atoms with E-state index in [4.69, 9.17) is 16.3 Å². The number of ether oxygens (including phenoxy) is 1. The maximum absolute atomic E-state index is 12.2. The average molecular weight is 339 g/mol. The summed E-state index contributed by atoms with van der Waals surface area (Å²) >= 11 is 5.81. The molecule has 0 aliphatic carbocycles. The molecule has 1 atom stereocenters. The second-order valence-electron chi connectivity index (χ2n) is 5.03. The van der Waals surface area contributed by atoms with E-state index in [1.807, 2.05) is 0 Å². The van der Waals surface area contributed by atoms with E-state index in [-0.39, 0.29) is 29.6 Å². The maximum Gasteiger partial charge on any atom is 0.336 e. The van der Waals surface area contributed by atoms with Gasteiger partial charge in [-0.15, -0.1) is 0 Å². The fraction of sp³-hybridized carbons (Fsp3) is 0.333. The van der Waals surface area contributed by atoms with Gasteiger partial charge in [-0.3, -0.25) is 14.9 Å². The van der Waals surface area contributed by atoms with Crippen LogP contribution in [-0.2, 0) is 14.3 Å². The largest absolute Gasteiger partial charge is 0.463 e. The molecule has 1 aliphatic heterocycles. The molecule has 23 heavy (non-hydrogen) atoms. The third-order valence-electron chi connectivity index (χ3n) is 3.53. The Bertz CT molecular complexity index is 714. The molecule has 1 heterocycles. The number of amides is 1. The molecule has 1 aromatic rings. The van der Waals surface area contributed by atoms with E-state index in [0.29, 0.717) is 16.8 Å². The molecule has 0 bridgehead atoms. The predicted octanol–water partition coefficient (Wildman–Crippen LogP) is 2.69. The maximum atomic E-state index is 12.2. The van der Waals surface area contributed by atoms with Crippen LogP contribution in [0.1, 0.15) is 31.7 Å². The monoisotopic (exact) mass is 338 g/mol. The second kappa shape index (κ2) is 6.78. The lowest BCUT2D eigenvalue weighted by atomic mass is 9.84. The third-order valence-corrected chi connectivity index (χ3v) is 3.85. The Kier molecular flexibility index (Phi) is 5.00. The summed E-state index contributed by atoms with van der Waals surface area (Å²) in [6, 6.07) is 4.25. The lowest BCUT2D eigenvalue weighted by Gasteiger charge is -2.26. The fourth-order valence-corrected chi connectivity index (χ4v) is 2.74. The number of hydrogen-bond acceptors (Lipinski definition) is 5. The highest BCUT2D eigenvalue weighted by Gasteiger charge is 2.33. The number of esters is 1. The minimum atomic E-state index is -0.612. The Balaban J connectivity index is 2.52. The van der Waals surface area contributed by atoms with Crippen LogP contribution in [0.25, 0.3) is 0 Å². The minimum absolute atomic E-state index is 0.00241. The molecule has 2 rings (SSSR count). The molecule has 1 aliphatic rings. The van der Waals surface area contributed by atoms with Crippen LogP contribution < -0.4 is 5.32 Å². The van der Waals surface area contributed by atoms with Gasteiger partial charge < -0.3 is 10.1 Å². The van der Waals surface area contributed by atoms with Crippen LogP contribution in [-0.4, -0.2) is 23.4 Å². The number of carbonyl (C=O) groups is 2. The summed E-state index contributed by atoms with van der Waals surface area (Å²) in [5, 5.41) is 13.6. The molecule has 0 aromatic heterocycles. The Hall–Kier alpha value is -2.41. The van der Waals surface area contributed by atoms with Crippen molar-refractivity contribution in [2.24, 2.45) is 0 Å². The SMILES string of the molecule is CCOC(=O)C1=C(C)NC(=O)C[C@@H]1c1ccc(Cl)c([N+](=O)[O-])c1. The molecule has 0 spiro atoms. The van der Waals surface area contributed by atoms with Gasteiger partial charge in [0.05, 0.1) is 17.1 Å². The summed E-state index contributed by atoms with van der Waals surface area (Å²) in [5.41, 5.74) is 0.889. The Morgan fingerprint density at radius 3 is 2.83 bits per heavy atom. The zero-order valence-electron chi connectivity index (χ0n) is 12.6. The molecule has 0 saturated carbocycles. The molecule has 122 valence electrons. The zero-order chi connectivity index (χ0) is 17.1. The number of hydrogen-bond donors (Lipinski definition) is 1. The summed E-state index contributed by atoms with van der Waals surface area (Å²) in [5.74, 6) is -1.43. The number of carbonyl (C=O) groups excluding carboxylic acids is 2. The van der Waals surface area contributed by atoms with Gasteiger partial charge in [-0.1, -0.05) is 17.7 Å². The van der Waals surface area contributed by atoms with E-state index in [2.05, 4.69) is 5.32 Å². The zero-order valence-corrected chi connectivity index (χ0v) is 13.3. The Labute approximate surface area is 137 Å². The van der Waals surface area contributed by atoms with E-state index in [0.717, 1.165) is 0 Å². The Morgan fingerprint density at radius 1 is 1.52 bits per heavy atom. The van der Waals surface area contributed by atoms with Crippen molar-refractivity contribution in [1.29, 1.82) is 0 Å². The molecule has 0 radical (unpaired) electrons. The van der Waals surface area contributed by atoms with E-state index in [9.17, 15) is 19.7 Å². The molecule has 0 unspecified atom stereocenters.